The standard InChI is InChI=1S/C13H18N2O3/c1-8(2)12-14-10-6-4-3-5-9(10)13(15-12)18-7-11(16)17/h8H,3-7H2,1-2H3,(H,16,17). The number of hydrogen-bond acceptors (Lipinski definition) is 4. The lowest BCUT2D eigenvalue weighted by Gasteiger charge is -2.19. The van der Waals surface area contributed by atoms with Crippen molar-refractivity contribution in [2.24, 2.45) is 0 Å². The van der Waals surface area contributed by atoms with Crippen molar-refractivity contribution in [3.63, 3.8) is 0 Å². The molecule has 1 aliphatic rings. The van der Waals surface area contributed by atoms with Crippen molar-refractivity contribution in [2.75, 3.05) is 6.61 Å². The number of aryl methyl sites for hydroxylation is 1. The van der Waals surface area contributed by atoms with Gasteiger partial charge in [-0.3, -0.25) is 0 Å². The number of fused-ring (bicyclic) bond motifs is 1. The number of nitrogens with zero attached hydrogens (tertiary/aromatic N) is 2. The van der Waals surface area contributed by atoms with Crippen LogP contribution in [-0.2, 0) is 17.6 Å². The fourth-order valence-electron chi connectivity index (χ4n) is 2.09. The van der Waals surface area contributed by atoms with Crippen LogP contribution in [0.3, 0.4) is 0 Å². The Morgan fingerprint density at radius 3 is 2.72 bits per heavy atom. The minimum absolute atomic E-state index is 0.212. The largest absolute Gasteiger partial charge is 0.479 e. The van der Waals surface area contributed by atoms with Crippen molar-refractivity contribution in [1.29, 1.82) is 0 Å². The molecule has 5 heteroatoms. The van der Waals surface area contributed by atoms with E-state index in [0.717, 1.165) is 42.8 Å². The van der Waals surface area contributed by atoms with E-state index >= 15 is 0 Å². The lowest BCUT2D eigenvalue weighted by atomic mass is 9.96. The predicted molar refractivity (Wildman–Crippen MR) is 65.9 cm³/mol. The minimum Gasteiger partial charge on any atom is -0.479 e. The molecule has 1 N–H and O–H groups in total. The molecule has 0 aliphatic heterocycles. The van der Waals surface area contributed by atoms with Gasteiger partial charge in [-0.1, -0.05) is 13.8 Å². The van der Waals surface area contributed by atoms with Gasteiger partial charge in [0.1, 0.15) is 5.82 Å². The van der Waals surface area contributed by atoms with Gasteiger partial charge in [-0.25, -0.2) is 9.78 Å². The molecule has 1 aromatic heterocycles. The highest BCUT2D eigenvalue weighted by atomic mass is 16.5. The third kappa shape index (κ3) is 2.78. The first-order valence-electron chi connectivity index (χ1n) is 6.32. The molecule has 0 radical (unpaired) electrons. The van der Waals surface area contributed by atoms with Gasteiger partial charge >= 0.3 is 5.97 Å². The fraction of sp³-hybridized carbons (Fsp3) is 0.615. The molecule has 2 rings (SSSR count). The van der Waals surface area contributed by atoms with E-state index in [4.69, 9.17) is 9.84 Å². The fourth-order valence-corrected chi connectivity index (χ4v) is 2.09. The molecular weight excluding hydrogens is 232 g/mol. The Kier molecular flexibility index (Phi) is 3.79. The number of hydrogen-bond donors (Lipinski definition) is 1. The number of ether oxygens (including phenoxy) is 1. The van der Waals surface area contributed by atoms with E-state index in [1.807, 2.05) is 13.8 Å². The SMILES string of the molecule is CC(C)c1nc2c(c(OCC(=O)O)n1)CCCC2. The lowest BCUT2D eigenvalue weighted by molar-refractivity contribution is -0.139. The number of aliphatic carboxylic acids is 1. The zero-order chi connectivity index (χ0) is 13.1. The molecule has 0 saturated carbocycles. The smallest absolute Gasteiger partial charge is 0.341 e. The summed E-state index contributed by atoms with van der Waals surface area (Å²) in [6.07, 6.45) is 4.02. The van der Waals surface area contributed by atoms with Gasteiger partial charge in [0.2, 0.25) is 5.88 Å². The molecule has 18 heavy (non-hydrogen) atoms. The van der Waals surface area contributed by atoms with Crippen LogP contribution in [0.4, 0.5) is 0 Å². The van der Waals surface area contributed by atoms with Crippen LogP contribution in [-0.4, -0.2) is 27.7 Å². The summed E-state index contributed by atoms with van der Waals surface area (Å²) in [6.45, 7) is 3.69. The Morgan fingerprint density at radius 2 is 2.06 bits per heavy atom. The van der Waals surface area contributed by atoms with Crippen molar-refractivity contribution in [1.82, 2.24) is 9.97 Å². The van der Waals surface area contributed by atoms with Gasteiger partial charge in [0, 0.05) is 11.5 Å². The number of rotatable bonds is 4. The average molecular weight is 250 g/mol. The predicted octanol–water partition coefficient (Wildman–Crippen LogP) is 1.94. The Morgan fingerprint density at radius 1 is 1.33 bits per heavy atom. The van der Waals surface area contributed by atoms with Crippen LogP contribution in [0.1, 0.15) is 49.7 Å². The molecule has 5 nitrogen and oxygen atoms in total. The summed E-state index contributed by atoms with van der Waals surface area (Å²) in [5, 5.41) is 8.69. The van der Waals surface area contributed by atoms with Gasteiger partial charge in [-0.2, -0.15) is 4.98 Å². The summed E-state index contributed by atoms with van der Waals surface area (Å²) in [5.74, 6) is 0.426. The molecule has 98 valence electrons. The maximum Gasteiger partial charge on any atom is 0.341 e. The van der Waals surface area contributed by atoms with Crippen molar-refractivity contribution < 1.29 is 14.6 Å². The number of aromatic nitrogens is 2. The second-order valence-electron chi connectivity index (χ2n) is 4.86. The molecule has 1 aromatic rings. The summed E-state index contributed by atoms with van der Waals surface area (Å²) in [4.78, 5) is 19.5. The average Bonchev–Trinajstić information content (AvgIpc) is 2.35. The molecular formula is C13H18N2O3. The van der Waals surface area contributed by atoms with E-state index in [1.165, 1.54) is 0 Å². The maximum atomic E-state index is 10.6. The van der Waals surface area contributed by atoms with Crippen molar-refractivity contribution in [3.8, 4) is 5.88 Å². The molecule has 0 spiro atoms. The Bertz CT molecular complexity index is 458. The molecule has 0 saturated heterocycles. The lowest BCUT2D eigenvalue weighted by Crippen LogP contribution is -2.17. The third-order valence-electron chi connectivity index (χ3n) is 3.01. The topological polar surface area (TPSA) is 72.3 Å². The van der Waals surface area contributed by atoms with E-state index in [1.54, 1.807) is 0 Å². The summed E-state index contributed by atoms with van der Waals surface area (Å²) < 4.78 is 5.31. The van der Waals surface area contributed by atoms with Crippen molar-refractivity contribution in [3.05, 3.63) is 17.1 Å². The first kappa shape index (κ1) is 12.8. The van der Waals surface area contributed by atoms with Crippen molar-refractivity contribution >= 4 is 5.97 Å². The van der Waals surface area contributed by atoms with E-state index in [2.05, 4.69) is 9.97 Å². The van der Waals surface area contributed by atoms with Crippen LogP contribution in [0, 0.1) is 0 Å². The molecule has 0 fully saturated rings. The Balaban J connectivity index is 2.34. The molecule has 0 amide bonds. The molecule has 1 heterocycles. The first-order chi connectivity index (χ1) is 8.58. The minimum atomic E-state index is -0.982. The maximum absolute atomic E-state index is 10.6. The van der Waals surface area contributed by atoms with E-state index in [0.29, 0.717) is 5.88 Å². The Labute approximate surface area is 106 Å². The highest BCUT2D eigenvalue weighted by Crippen LogP contribution is 2.28. The van der Waals surface area contributed by atoms with Crippen LogP contribution in [0.2, 0.25) is 0 Å². The van der Waals surface area contributed by atoms with E-state index < -0.39 is 5.97 Å². The van der Waals surface area contributed by atoms with Gasteiger partial charge in [0.25, 0.3) is 0 Å². The van der Waals surface area contributed by atoms with Crippen LogP contribution >= 0.6 is 0 Å². The molecule has 0 bridgehead atoms. The second kappa shape index (κ2) is 5.33. The van der Waals surface area contributed by atoms with Crippen LogP contribution < -0.4 is 4.74 Å². The van der Waals surface area contributed by atoms with Crippen molar-refractivity contribution in [2.45, 2.75) is 45.4 Å². The normalized spacial score (nSPS) is 14.4. The number of carboxylic acids is 1. The van der Waals surface area contributed by atoms with Gasteiger partial charge < -0.3 is 9.84 Å². The van der Waals surface area contributed by atoms with Gasteiger partial charge in [0.15, 0.2) is 6.61 Å². The molecule has 1 aliphatic carbocycles. The highest BCUT2D eigenvalue weighted by Gasteiger charge is 2.20. The third-order valence-corrected chi connectivity index (χ3v) is 3.01. The Hall–Kier alpha value is -1.65. The second-order valence-corrected chi connectivity index (χ2v) is 4.86. The summed E-state index contributed by atoms with van der Waals surface area (Å²) in [5.41, 5.74) is 2.02. The monoisotopic (exact) mass is 250 g/mol. The quantitative estimate of drug-likeness (QED) is 0.884. The van der Waals surface area contributed by atoms with Gasteiger partial charge in [-0.15, -0.1) is 0 Å². The van der Waals surface area contributed by atoms with Gasteiger partial charge in [-0.05, 0) is 25.7 Å². The summed E-state index contributed by atoms with van der Waals surface area (Å²) in [7, 11) is 0. The van der Waals surface area contributed by atoms with Crippen LogP contribution in [0.5, 0.6) is 5.88 Å². The summed E-state index contributed by atoms with van der Waals surface area (Å²) >= 11 is 0. The van der Waals surface area contributed by atoms with Crippen LogP contribution in [0.15, 0.2) is 0 Å². The molecule has 0 unspecified atom stereocenters. The zero-order valence-electron chi connectivity index (χ0n) is 10.8. The highest BCUT2D eigenvalue weighted by molar-refractivity contribution is 5.68. The molecule has 0 aromatic carbocycles. The first-order valence-corrected chi connectivity index (χ1v) is 6.32. The zero-order valence-corrected chi connectivity index (χ0v) is 10.8. The summed E-state index contributed by atoms with van der Waals surface area (Å²) in [6, 6.07) is 0. The van der Waals surface area contributed by atoms with E-state index in [9.17, 15) is 4.79 Å². The van der Waals surface area contributed by atoms with E-state index in [-0.39, 0.29) is 12.5 Å². The molecule has 0 atom stereocenters. The van der Waals surface area contributed by atoms with Crippen LogP contribution in [0.25, 0.3) is 0 Å². The van der Waals surface area contributed by atoms with Gasteiger partial charge in [0.05, 0.1) is 5.69 Å². The number of carboxylic acid groups (broad SMARTS) is 1. The number of carbonyl (C=O) groups is 1.